The van der Waals surface area contributed by atoms with E-state index in [1.165, 1.54) is 0 Å². The van der Waals surface area contributed by atoms with Crippen LogP contribution in [-0.2, 0) is 4.79 Å². The van der Waals surface area contributed by atoms with Crippen LogP contribution < -0.4 is 10.1 Å². The van der Waals surface area contributed by atoms with Gasteiger partial charge in [0.25, 0.3) is 0 Å². The van der Waals surface area contributed by atoms with Gasteiger partial charge in [0.1, 0.15) is 0 Å². The first-order valence-electron chi connectivity index (χ1n) is 4.49. The monoisotopic (exact) mass is 194 g/mol. The van der Waals surface area contributed by atoms with Crippen LogP contribution in [0.15, 0.2) is 18.3 Å². The molecule has 0 spiro atoms. The Morgan fingerprint density at radius 2 is 2.29 bits per heavy atom. The zero-order valence-corrected chi connectivity index (χ0v) is 8.57. The number of hydrogen-bond donors (Lipinski definition) is 1. The van der Waals surface area contributed by atoms with Crippen LogP contribution in [0.1, 0.15) is 13.8 Å². The van der Waals surface area contributed by atoms with E-state index in [4.69, 9.17) is 4.74 Å². The van der Waals surface area contributed by atoms with Crippen molar-refractivity contribution in [3.63, 3.8) is 0 Å². The molecule has 0 aromatic carbocycles. The van der Waals surface area contributed by atoms with Gasteiger partial charge in [-0.05, 0) is 12.1 Å². The van der Waals surface area contributed by atoms with E-state index >= 15 is 0 Å². The molecule has 76 valence electrons. The summed E-state index contributed by atoms with van der Waals surface area (Å²) in [5.74, 6) is 0.643. The lowest BCUT2D eigenvalue weighted by Gasteiger charge is -2.09. The molecule has 0 amide bonds. The Morgan fingerprint density at radius 1 is 1.57 bits per heavy atom. The topological polar surface area (TPSA) is 51.2 Å². The van der Waals surface area contributed by atoms with E-state index in [9.17, 15) is 4.79 Å². The van der Waals surface area contributed by atoms with Crippen molar-refractivity contribution in [1.82, 2.24) is 4.98 Å². The highest BCUT2D eigenvalue weighted by molar-refractivity contribution is 5.75. The minimum Gasteiger partial charge on any atom is -0.422 e. The molecule has 0 radical (unpaired) electrons. The fourth-order valence-corrected chi connectivity index (χ4v) is 0.887. The van der Waals surface area contributed by atoms with Crippen LogP contribution in [0.4, 0.5) is 5.82 Å². The summed E-state index contributed by atoms with van der Waals surface area (Å²) in [7, 11) is 1.73. The quantitative estimate of drug-likeness (QED) is 0.744. The number of ether oxygens (including phenoxy) is 1. The van der Waals surface area contributed by atoms with Gasteiger partial charge in [0.05, 0.1) is 5.92 Å². The molecule has 14 heavy (non-hydrogen) atoms. The smallest absolute Gasteiger partial charge is 0.313 e. The Bertz CT molecular complexity index is 324. The van der Waals surface area contributed by atoms with Crippen LogP contribution in [0, 0.1) is 5.92 Å². The summed E-state index contributed by atoms with van der Waals surface area (Å²) in [5, 5.41) is 2.85. The van der Waals surface area contributed by atoms with Gasteiger partial charge >= 0.3 is 5.97 Å². The molecule has 0 aliphatic heterocycles. The molecule has 1 rings (SSSR count). The van der Waals surface area contributed by atoms with Gasteiger partial charge in [0.2, 0.25) is 0 Å². The number of anilines is 1. The number of hydrogen-bond acceptors (Lipinski definition) is 4. The number of carbonyl (C=O) groups is 1. The number of aromatic nitrogens is 1. The standard InChI is InChI=1S/C10H14N2O2/c1-7(2)10(13)14-8-5-4-6-12-9(8)11-3/h4-7H,1-3H3,(H,11,12). The molecule has 4 nitrogen and oxygen atoms in total. The van der Waals surface area contributed by atoms with Crippen molar-refractivity contribution in [1.29, 1.82) is 0 Å². The minimum absolute atomic E-state index is 0.139. The largest absolute Gasteiger partial charge is 0.422 e. The maximum Gasteiger partial charge on any atom is 0.313 e. The second-order valence-electron chi connectivity index (χ2n) is 3.18. The van der Waals surface area contributed by atoms with Gasteiger partial charge in [0, 0.05) is 13.2 Å². The first kappa shape index (κ1) is 10.5. The van der Waals surface area contributed by atoms with Gasteiger partial charge in [-0.3, -0.25) is 4.79 Å². The third kappa shape index (κ3) is 2.45. The Kier molecular flexibility index (Phi) is 3.45. The van der Waals surface area contributed by atoms with E-state index < -0.39 is 0 Å². The van der Waals surface area contributed by atoms with Crippen molar-refractivity contribution in [3.05, 3.63) is 18.3 Å². The van der Waals surface area contributed by atoms with Gasteiger partial charge in [-0.25, -0.2) is 4.98 Å². The van der Waals surface area contributed by atoms with Gasteiger partial charge in [-0.2, -0.15) is 0 Å². The van der Waals surface area contributed by atoms with E-state index in [-0.39, 0.29) is 11.9 Å². The van der Waals surface area contributed by atoms with Crippen LogP contribution in [0.25, 0.3) is 0 Å². The Hall–Kier alpha value is -1.58. The third-order valence-electron chi connectivity index (χ3n) is 1.69. The highest BCUT2D eigenvalue weighted by atomic mass is 16.5. The van der Waals surface area contributed by atoms with Crippen molar-refractivity contribution in [2.24, 2.45) is 5.92 Å². The zero-order chi connectivity index (χ0) is 10.6. The normalized spacial score (nSPS) is 10.0. The van der Waals surface area contributed by atoms with Gasteiger partial charge < -0.3 is 10.1 Å². The van der Waals surface area contributed by atoms with Crippen molar-refractivity contribution >= 4 is 11.8 Å². The van der Waals surface area contributed by atoms with Crippen molar-refractivity contribution in [2.75, 3.05) is 12.4 Å². The lowest BCUT2D eigenvalue weighted by Crippen LogP contribution is -2.15. The number of rotatable bonds is 3. The number of nitrogens with one attached hydrogen (secondary N) is 1. The van der Waals surface area contributed by atoms with Crippen molar-refractivity contribution < 1.29 is 9.53 Å². The summed E-state index contributed by atoms with van der Waals surface area (Å²) in [6.45, 7) is 3.58. The Labute approximate surface area is 83.3 Å². The van der Waals surface area contributed by atoms with E-state index in [1.807, 2.05) is 0 Å². The average molecular weight is 194 g/mol. The number of pyridine rings is 1. The highest BCUT2D eigenvalue weighted by Gasteiger charge is 2.12. The maximum atomic E-state index is 11.3. The molecule has 0 atom stereocenters. The van der Waals surface area contributed by atoms with E-state index in [0.717, 1.165) is 0 Å². The predicted octanol–water partition coefficient (Wildman–Crippen LogP) is 1.68. The van der Waals surface area contributed by atoms with Gasteiger partial charge in [0.15, 0.2) is 11.6 Å². The molecule has 4 heteroatoms. The lowest BCUT2D eigenvalue weighted by molar-refractivity contribution is -0.137. The van der Waals surface area contributed by atoms with E-state index in [0.29, 0.717) is 11.6 Å². The van der Waals surface area contributed by atoms with Gasteiger partial charge in [-0.15, -0.1) is 0 Å². The summed E-state index contributed by atoms with van der Waals surface area (Å²) in [5.41, 5.74) is 0. The fourth-order valence-electron chi connectivity index (χ4n) is 0.887. The molecular formula is C10H14N2O2. The van der Waals surface area contributed by atoms with Crippen LogP contribution in [0.2, 0.25) is 0 Å². The van der Waals surface area contributed by atoms with E-state index in [1.54, 1.807) is 39.2 Å². The molecule has 1 aromatic rings. The first-order chi connectivity index (χ1) is 6.65. The summed E-state index contributed by atoms with van der Waals surface area (Å²) in [6, 6.07) is 3.43. The SMILES string of the molecule is CNc1ncccc1OC(=O)C(C)C. The van der Waals surface area contributed by atoms with Crippen LogP contribution in [0.3, 0.4) is 0 Å². The fraction of sp³-hybridized carbons (Fsp3) is 0.400. The second kappa shape index (κ2) is 4.60. The van der Waals surface area contributed by atoms with Crippen LogP contribution in [-0.4, -0.2) is 18.0 Å². The molecule has 1 heterocycles. The Morgan fingerprint density at radius 3 is 2.86 bits per heavy atom. The second-order valence-corrected chi connectivity index (χ2v) is 3.18. The summed E-state index contributed by atoms with van der Waals surface area (Å²) >= 11 is 0. The molecule has 0 unspecified atom stereocenters. The highest BCUT2D eigenvalue weighted by Crippen LogP contribution is 2.20. The molecule has 0 saturated heterocycles. The summed E-state index contributed by atoms with van der Waals surface area (Å²) in [6.07, 6.45) is 1.64. The Balaban J connectivity index is 2.80. The zero-order valence-electron chi connectivity index (χ0n) is 8.57. The van der Waals surface area contributed by atoms with Crippen molar-refractivity contribution in [2.45, 2.75) is 13.8 Å². The number of esters is 1. The molecule has 0 fully saturated rings. The van der Waals surface area contributed by atoms with Crippen LogP contribution in [0.5, 0.6) is 5.75 Å². The summed E-state index contributed by atoms with van der Waals surface area (Å²) < 4.78 is 5.13. The molecule has 0 aliphatic rings. The lowest BCUT2D eigenvalue weighted by atomic mass is 10.2. The summed E-state index contributed by atoms with van der Waals surface area (Å²) in [4.78, 5) is 15.3. The van der Waals surface area contributed by atoms with Crippen LogP contribution >= 0.6 is 0 Å². The molecule has 1 N–H and O–H groups in total. The molecule has 0 bridgehead atoms. The van der Waals surface area contributed by atoms with Gasteiger partial charge in [-0.1, -0.05) is 13.8 Å². The molecular weight excluding hydrogens is 180 g/mol. The maximum absolute atomic E-state index is 11.3. The van der Waals surface area contributed by atoms with Crippen molar-refractivity contribution in [3.8, 4) is 5.75 Å². The number of carbonyl (C=O) groups excluding carboxylic acids is 1. The first-order valence-corrected chi connectivity index (χ1v) is 4.49. The van der Waals surface area contributed by atoms with E-state index in [2.05, 4.69) is 10.3 Å². The molecule has 1 aromatic heterocycles. The number of nitrogens with zero attached hydrogens (tertiary/aromatic N) is 1. The molecule has 0 saturated carbocycles. The predicted molar refractivity (Wildman–Crippen MR) is 54.3 cm³/mol. The minimum atomic E-state index is -0.255. The third-order valence-corrected chi connectivity index (χ3v) is 1.69. The average Bonchev–Trinajstić information content (AvgIpc) is 2.18. The molecule has 0 aliphatic carbocycles.